The second-order valence-corrected chi connectivity index (χ2v) is 9.87. The first-order valence-electron chi connectivity index (χ1n) is 12.6. The van der Waals surface area contributed by atoms with Gasteiger partial charge in [-0.1, -0.05) is 26.0 Å². The number of fused-ring (bicyclic) bond motifs is 1. The Labute approximate surface area is 217 Å². The van der Waals surface area contributed by atoms with Crippen LogP contribution >= 0.6 is 0 Å². The number of aromatic amines is 1. The molecule has 9 nitrogen and oxygen atoms in total. The van der Waals surface area contributed by atoms with Gasteiger partial charge in [0, 0.05) is 24.7 Å². The van der Waals surface area contributed by atoms with Crippen molar-refractivity contribution in [3.8, 4) is 11.5 Å². The molecular formula is C28H36N6O3. The van der Waals surface area contributed by atoms with Gasteiger partial charge in [-0.15, -0.1) is 5.10 Å². The highest BCUT2D eigenvalue weighted by Gasteiger charge is 2.31. The number of nitrogens with one attached hydrogen (secondary N) is 1. The van der Waals surface area contributed by atoms with E-state index in [0.717, 1.165) is 40.9 Å². The van der Waals surface area contributed by atoms with E-state index in [4.69, 9.17) is 9.47 Å². The summed E-state index contributed by atoms with van der Waals surface area (Å²) in [6.07, 6.45) is 1.66. The number of hydrogen-bond donors (Lipinski definition) is 1. The van der Waals surface area contributed by atoms with E-state index in [-0.39, 0.29) is 17.1 Å². The molecule has 0 radical (unpaired) electrons. The number of aromatic nitrogens is 5. The topological polar surface area (TPSA) is 98.2 Å². The van der Waals surface area contributed by atoms with Crippen LogP contribution < -0.4 is 15.0 Å². The molecule has 4 aromatic rings. The molecule has 0 unspecified atom stereocenters. The van der Waals surface area contributed by atoms with Gasteiger partial charge in [0.1, 0.15) is 11.5 Å². The number of benzene rings is 2. The summed E-state index contributed by atoms with van der Waals surface area (Å²) >= 11 is 0. The first-order valence-corrected chi connectivity index (χ1v) is 12.6. The fraction of sp³-hybridized carbons (Fsp3) is 0.429. The summed E-state index contributed by atoms with van der Waals surface area (Å²) in [5.74, 6) is 2.30. The third-order valence-corrected chi connectivity index (χ3v) is 7.11. The number of pyridine rings is 1. The molecule has 1 N–H and O–H groups in total. The molecule has 0 aliphatic rings. The summed E-state index contributed by atoms with van der Waals surface area (Å²) in [6.45, 7) is 9.57. The van der Waals surface area contributed by atoms with Crippen LogP contribution in [0.4, 0.5) is 0 Å². The number of nitrogens with zero attached hydrogens (tertiary/aromatic N) is 5. The van der Waals surface area contributed by atoms with E-state index in [1.54, 1.807) is 14.2 Å². The predicted molar refractivity (Wildman–Crippen MR) is 144 cm³/mol. The summed E-state index contributed by atoms with van der Waals surface area (Å²) in [6, 6.07) is 15.6. The van der Waals surface area contributed by atoms with Crippen LogP contribution in [0.1, 0.15) is 63.5 Å². The third-order valence-electron chi connectivity index (χ3n) is 7.11. The molecule has 2 aromatic carbocycles. The molecular weight excluding hydrogens is 468 g/mol. The predicted octanol–water partition coefficient (Wildman–Crippen LogP) is 4.83. The molecule has 0 fully saturated rings. The number of tetrazole rings is 1. The lowest BCUT2D eigenvalue weighted by atomic mass is 10.0. The minimum atomic E-state index is -0.239. The molecule has 0 saturated carbocycles. The van der Waals surface area contributed by atoms with Crippen LogP contribution in [-0.4, -0.2) is 44.3 Å². The average molecular weight is 505 g/mol. The van der Waals surface area contributed by atoms with Gasteiger partial charge in [-0.05, 0) is 78.4 Å². The minimum Gasteiger partial charge on any atom is -0.497 e. The highest BCUT2D eigenvalue weighted by Crippen LogP contribution is 2.30. The molecule has 0 aliphatic heterocycles. The van der Waals surface area contributed by atoms with Crippen molar-refractivity contribution in [3.63, 3.8) is 0 Å². The van der Waals surface area contributed by atoms with Crippen LogP contribution in [0.2, 0.25) is 0 Å². The van der Waals surface area contributed by atoms with Gasteiger partial charge in [0.2, 0.25) is 0 Å². The second kappa shape index (κ2) is 11.1. The Morgan fingerprint density at radius 2 is 1.70 bits per heavy atom. The van der Waals surface area contributed by atoms with E-state index >= 15 is 0 Å². The van der Waals surface area contributed by atoms with Crippen LogP contribution in [0.15, 0.2) is 53.3 Å². The molecule has 0 aliphatic carbocycles. The highest BCUT2D eigenvalue weighted by atomic mass is 16.5. The van der Waals surface area contributed by atoms with E-state index in [1.807, 2.05) is 41.1 Å². The zero-order valence-corrected chi connectivity index (χ0v) is 22.5. The molecule has 9 heteroatoms. The van der Waals surface area contributed by atoms with Gasteiger partial charge in [0.05, 0.1) is 31.3 Å². The van der Waals surface area contributed by atoms with Crippen molar-refractivity contribution in [3.05, 3.63) is 75.8 Å². The van der Waals surface area contributed by atoms with Crippen LogP contribution in [0, 0.1) is 0 Å². The second-order valence-electron chi connectivity index (χ2n) is 9.87. The zero-order chi connectivity index (χ0) is 26.6. The molecule has 0 spiro atoms. The summed E-state index contributed by atoms with van der Waals surface area (Å²) < 4.78 is 12.6. The summed E-state index contributed by atoms with van der Waals surface area (Å²) in [5, 5.41) is 13.8. The molecule has 0 bridgehead atoms. The van der Waals surface area contributed by atoms with Crippen molar-refractivity contribution in [1.29, 1.82) is 0 Å². The standard InChI is InChI=1S/C28H36N6O3/c1-7-25(26-30-31-32-34(26)28(3,4)8-2)33(17-19-9-12-22(36-5)13-10-19)18-21-15-20-11-14-23(37-6)16-24(20)29-27(21)35/h9-16,25H,7-8,17-18H2,1-6H3,(H,29,35)/t25-/m0/s1. The zero-order valence-electron chi connectivity index (χ0n) is 22.5. The average Bonchev–Trinajstić information content (AvgIpc) is 3.40. The molecule has 37 heavy (non-hydrogen) atoms. The normalized spacial score (nSPS) is 12.7. The lowest BCUT2D eigenvalue weighted by Crippen LogP contribution is -2.36. The van der Waals surface area contributed by atoms with Gasteiger partial charge < -0.3 is 14.5 Å². The Kier molecular flexibility index (Phi) is 7.92. The molecule has 0 saturated heterocycles. The molecule has 4 rings (SSSR count). The van der Waals surface area contributed by atoms with Gasteiger partial charge in [-0.25, -0.2) is 4.68 Å². The molecule has 1 atom stereocenters. The maximum Gasteiger partial charge on any atom is 0.252 e. The van der Waals surface area contributed by atoms with Crippen molar-refractivity contribution in [2.75, 3.05) is 14.2 Å². The van der Waals surface area contributed by atoms with Crippen molar-refractivity contribution in [1.82, 2.24) is 30.1 Å². The number of rotatable bonds is 11. The Bertz CT molecular complexity index is 1390. The maximum absolute atomic E-state index is 13.2. The molecule has 2 aromatic heterocycles. The first kappa shape index (κ1) is 26.3. The summed E-state index contributed by atoms with van der Waals surface area (Å²) in [5.41, 5.74) is 2.17. The van der Waals surface area contributed by atoms with Crippen LogP contribution in [0.25, 0.3) is 10.9 Å². The highest BCUT2D eigenvalue weighted by molar-refractivity contribution is 5.80. The largest absolute Gasteiger partial charge is 0.497 e. The van der Waals surface area contributed by atoms with Gasteiger partial charge in [-0.2, -0.15) is 0 Å². The summed E-state index contributed by atoms with van der Waals surface area (Å²) in [7, 11) is 3.27. The Hall–Kier alpha value is -3.72. The fourth-order valence-electron chi connectivity index (χ4n) is 4.52. The number of methoxy groups -OCH3 is 2. The van der Waals surface area contributed by atoms with Crippen molar-refractivity contribution < 1.29 is 9.47 Å². The molecule has 2 heterocycles. The van der Waals surface area contributed by atoms with Crippen LogP contribution in [0.3, 0.4) is 0 Å². The fourth-order valence-corrected chi connectivity index (χ4v) is 4.52. The van der Waals surface area contributed by atoms with Crippen LogP contribution in [0.5, 0.6) is 11.5 Å². The monoisotopic (exact) mass is 504 g/mol. The van der Waals surface area contributed by atoms with Gasteiger partial charge in [0.15, 0.2) is 5.82 Å². The van der Waals surface area contributed by atoms with E-state index in [1.165, 1.54) is 0 Å². The van der Waals surface area contributed by atoms with Crippen LogP contribution in [-0.2, 0) is 18.6 Å². The Balaban J connectivity index is 1.76. The van der Waals surface area contributed by atoms with E-state index in [9.17, 15) is 4.79 Å². The summed E-state index contributed by atoms with van der Waals surface area (Å²) in [4.78, 5) is 18.5. The van der Waals surface area contributed by atoms with Crippen molar-refractivity contribution >= 4 is 10.9 Å². The maximum atomic E-state index is 13.2. The van der Waals surface area contributed by atoms with E-state index in [0.29, 0.717) is 24.4 Å². The minimum absolute atomic E-state index is 0.103. The quantitative estimate of drug-likeness (QED) is 0.312. The molecule has 0 amide bonds. The van der Waals surface area contributed by atoms with Crippen molar-refractivity contribution in [2.45, 2.75) is 65.2 Å². The lowest BCUT2D eigenvalue weighted by Gasteiger charge is -2.33. The SMILES string of the molecule is CC[C@@H](c1nnnn1C(C)(C)CC)N(Cc1ccc(OC)cc1)Cc1cc2ccc(OC)cc2[nH]c1=O. The van der Waals surface area contributed by atoms with Gasteiger partial charge in [-0.3, -0.25) is 9.69 Å². The number of H-pyrrole nitrogens is 1. The number of ether oxygens (including phenoxy) is 2. The van der Waals surface area contributed by atoms with E-state index < -0.39 is 0 Å². The third kappa shape index (κ3) is 5.67. The number of hydrogen-bond acceptors (Lipinski definition) is 7. The Morgan fingerprint density at radius 1 is 1.00 bits per heavy atom. The lowest BCUT2D eigenvalue weighted by molar-refractivity contribution is 0.150. The van der Waals surface area contributed by atoms with Crippen molar-refractivity contribution in [2.24, 2.45) is 0 Å². The smallest absolute Gasteiger partial charge is 0.252 e. The first-order chi connectivity index (χ1) is 17.8. The Morgan fingerprint density at radius 3 is 2.35 bits per heavy atom. The van der Waals surface area contributed by atoms with E-state index in [2.05, 4.69) is 65.2 Å². The van der Waals surface area contributed by atoms with Gasteiger partial charge >= 0.3 is 0 Å². The molecule has 196 valence electrons. The van der Waals surface area contributed by atoms with Gasteiger partial charge in [0.25, 0.3) is 5.56 Å².